The molecule has 0 spiro atoms. The van der Waals surface area contributed by atoms with Crippen LogP contribution < -0.4 is 5.32 Å². The van der Waals surface area contributed by atoms with Crippen molar-refractivity contribution in [2.45, 2.75) is 39.7 Å². The van der Waals surface area contributed by atoms with Gasteiger partial charge in [-0.05, 0) is 51.1 Å². The zero-order valence-electron chi connectivity index (χ0n) is 14.1. The van der Waals surface area contributed by atoms with Crippen LogP contribution in [0, 0.1) is 6.92 Å². The van der Waals surface area contributed by atoms with Crippen LogP contribution in [0.25, 0.3) is 21.9 Å². The first kappa shape index (κ1) is 16.3. The minimum Gasteiger partial charge on any atom is -0.322 e. The molecule has 122 valence electrons. The first-order chi connectivity index (χ1) is 11.2. The number of rotatable bonds is 1. The number of hydrogen-bond acceptors (Lipinski definition) is 2. The number of halogens is 1. The maximum Gasteiger partial charge on any atom is 0.141 e. The molecule has 3 nitrogen and oxygen atoms in total. The molecule has 0 amide bonds. The first-order valence-corrected chi connectivity index (χ1v) is 8.88. The van der Waals surface area contributed by atoms with E-state index in [-0.39, 0.29) is 0 Å². The highest BCUT2D eigenvalue weighted by Crippen LogP contribution is 2.35. The Morgan fingerprint density at radius 3 is 2.61 bits per heavy atom. The van der Waals surface area contributed by atoms with Gasteiger partial charge in [-0.3, -0.25) is 0 Å². The van der Waals surface area contributed by atoms with Gasteiger partial charge in [0.1, 0.15) is 5.65 Å². The summed E-state index contributed by atoms with van der Waals surface area (Å²) in [6.07, 6.45) is 4.06. The number of benzene rings is 1. The van der Waals surface area contributed by atoms with Gasteiger partial charge in [-0.15, -0.1) is 0 Å². The van der Waals surface area contributed by atoms with Gasteiger partial charge in [-0.25, -0.2) is 4.98 Å². The van der Waals surface area contributed by atoms with Crippen LogP contribution in [-0.2, 0) is 0 Å². The van der Waals surface area contributed by atoms with Gasteiger partial charge in [0.15, 0.2) is 0 Å². The van der Waals surface area contributed by atoms with Gasteiger partial charge >= 0.3 is 0 Å². The van der Waals surface area contributed by atoms with Crippen LogP contribution in [0.2, 0.25) is 5.02 Å². The standard InChI is InChI=1S/C17H18ClN3.C2H6/c1-11-2-3-16-14(8-11)15-9-12(18)10-20-17(15)21(16)13-4-6-19-7-5-13;1-2/h2-3,8-10,13,19H,4-7H2,1H3;1-2H3. The van der Waals surface area contributed by atoms with Crippen LogP contribution in [0.5, 0.6) is 0 Å². The molecule has 3 heterocycles. The molecule has 1 saturated heterocycles. The lowest BCUT2D eigenvalue weighted by Gasteiger charge is -2.25. The molecule has 0 aliphatic carbocycles. The molecule has 0 radical (unpaired) electrons. The Bertz CT molecular complexity index is 757. The van der Waals surface area contributed by atoms with E-state index >= 15 is 0 Å². The fraction of sp³-hybridized carbons (Fsp3) is 0.421. The largest absolute Gasteiger partial charge is 0.322 e. The van der Waals surface area contributed by atoms with E-state index < -0.39 is 0 Å². The lowest BCUT2D eigenvalue weighted by molar-refractivity contribution is 0.381. The van der Waals surface area contributed by atoms with Crippen molar-refractivity contribution in [2.24, 2.45) is 0 Å². The molecule has 3 aromatic rings. The summed E-state index contributed by atoms with van der Waals surface area (Å²) in [6, 6.07) is 9.21. The molecular formula is C19H24ClN3. The average molecular weight is 330 g/mol. The highest BCUT2D eigenvalue weighted by molar-refractivity contribution is 6.31. The highest BCUT2D eigenvalue weighted by atomic mass is 35.5. The van der Waals surface area contributed by atoms with E-state index in [2.05, 4.69) is 40.0 Å². The summed E-state index contributed by atoms with van der Waals surface area (Å²) < 4.78 is 2.42. The van der Waals surface area contributed by atoms with E-state index in [4.69, 9.17) is 11.6 Å². The Balaban J connectivity index is 0.000000753. The Morgan fingerprint density at radius 1 is 1.13 bits per heavy atom. The van der Waals surface area contributed by atoms with Gasteiger partial charge in [-0.1, -0.05) is 37.1 Å². The topological polar surface area (TPSA) is 29.9 Å². The predicted molar refractivity (Wildman–Crippen MR) is 99.5 cm³/mol. The van der Waals surface area contributed by atoms with Gasteiger partial charge < -0.3 is 9.88 Å². The first-order valence-electron chi connectivity index (χ1n) is 8.50. The van der Waals surface area contributed by atoms with E-state index in [0.717, 1.165) is 31.6 Å². The molecule has 0 bridgehead atoms. The molecule has 1 fully saturated rings. The lowest BCUT2D eigenvalue weighted by Crippen LogP contribution is -2.29. The number of hydrogen-bond donors (Lipinski definition) is 1. The van der Waals surface area contributed by atoms with Crippen molar-refractivity contribution < 1.29 is 0 Å². The molecule has 0 saturated carbocycles. The van der Waals surface area contributed by atoms with E-state index in [1.165, 1.54) is 21.9 Å². The molecule has 2 aromatic heterocycles. The minimum atomic E-state index is 0.516. The van der Waals surface area contributed by atoms with Crippen LogP contribution in [0.1, 0.15) is 38.3 Å². The SMILES string of the molecule is CC.Cc1ccc2c(c1)c1cc(Cl)cnc1n2C1CCNCC1. The number of fused-ring (bicyclic) bond motifs is 3. The van der Waals surface area contributed by atoms with Crippen molar-refractivity contribution in [2.75, 3.05) is 13.1 Å². The maximum atomic E-state index is 6.17. The minimum absolute atomic E-state index is 0.516. The maximum absolute atomic E-state index is 6.17. The van der Waals surface area contributed by atoms with Crippen LogP contribution in [0.3, 0.4) is 0 Å². The molecule has 1 aliphatic heterocycles. The quantitative estimate of drug-likeness (QED) is 0.673. The number of pyridine rings is 1. The third-order valence-electron chi connectivity index (χ3n) is 4.44. The Kier molecular flexibility index (Phi) is 4.88. The second kappa shape index (κ2) is 6.90. The van der Waals surface area contributed by atoms with Crippen molar-refractivity contribution in [1.29, 1.82) is 0 Å². The van der Waals surface area contributed by atoms with Crippen molar-refractivity contribution in [3.05, 3.63) is 41.0 Å². The van der Waals surface area contributed by atoms with Crippen molar-refractivity contribution >= 4 is 33.5 Å². The van der Waals surface area contributed by atoms with Gasteiger partial charge in [-0.2, -0.15) is 0 Å². The fourth-order valence-corrected chi connectivity index (χ4v) is 3.60. The second-order valence-electron chi connectivity index (χ2n) is 5.90. The molecule has 0 atom stereocenters. The normalized spacial score (nSPS) is 15.7. The van der Waals surface area contributed by atoms with Crippen LogP contribution in [0.4, 0.5) is 0 Å². The summed E-state index contributed by atoms with van der Waals surface area (Å²) in [5.74, 6) is 0. The number of piperidine rings is 1. The summed E-state index contributed by atoms with van der Waals surface area (Å²) in [5.41, 5.74) is 3.61. The summed E-state index contributed by atoms with van der Waals surface area (Å²) in [6.45, 7) is 8.28. The molecule has 1 aromatic carbocycles. The van der Waals surface area contributed by atoms with Crippen molar-refractivity contribution in [1.82, 2.24) is 14.9 Å². The molecule has 4 heteroatoms. The van der Waals surface area contributed by atoms with Gasteiger partial charge in [0.25, 0.3) is 0 Å². The summed E-state index contributed by atoms with van der Waals surface area (Å²) in [7, 11) is 0. The predicted octanol–water partition coefficient (Wildman–Crippen LogP) is 5.10. The summed E-state index contributed by atoms with van der Waals surface area (Å²) in [4.78, 5) is 4.63. The Morgan fingerprint density at radius 2 is 1.87 bits per heavy atom. The van der Waals surface area contributed by atoms with E-state index in [1.807, 2.05) is 19.9 Å². The van der Waals surface area contributed by atoms with Crippen molar-refractivity contribution in [3.63, 3.8) is 0 Å². The molecule has 0 unspecified atom stereocenters. The molecular weight excluding hydrogens is 306 g/mol. The number of aromatic nitrogens is 2. The molecule has 1 N–H and O–H groups in total. The zero-order chi connectivity index (χ0) is 16.4. The second-order valence-corrected chi connectivity index (χ2v) is 6.33. The molecule has 4 rings (SSSR count). The van der Waals surface area contributed by atoms with Crippen LogP contribution in [-0.4, -0.2) is 22.6 Å². The average Bonchev–Trinajstić information content (AvgIpc) is 2.90. The Hall–Kier alpha value is -1.58. The summed E-state index contributed by atoms with van der Waals surface area (Å²) >= 11 is 6.17. The smallest absolute Gasteiger partial charge is 0.141 e. The van der Waals surface area contributed by atoms with Crippen LogP contribution in [0.15, 0.2) is 30.5 Å². The van der Waals surface area contributed by atoms with Crippen molar-refractivity contribution in [3.8, 4) is 0 Å². The number of nitrogens with one attached hydrogen (secondary N) is 1. The van der Waals surface area contributed by atoms with E-state index in [1.54, 1.807) is 6.20 Å². The van der Waals surface area contributed by atoms with E-state index in [0.29, 0.717) is 11.1 Å². The zero-order valence-corrected chi connectivity index (χ0v) is 14.8. The van der Waals surface area contributed by atoms with Gasteiger partial charge in [0.05, 0.1) is 10.5 Å². The summed E-state index contributed by atoms with van der Waals surface area (Å²) in [5, 5.41) is 6.57. The number of nitrogens with zero attached hydrogens (tertiary/aromatic N) is 2. The van der Waals surface area contributed by atoms with E-state index in [9.17, 15) is 0 Å². The third kappa shape index (κ3) is 2.96. The van der Waals surface area contributed by atoms with Gasteiger partial charge in [0, 0.05) is 23.0 Å². The van der Waals surface area contributed by atoms with Crippen LogP contribution >= 0.6 is 11.6 Å². The fourth-order valence-electron chi connectivity index (χ4n) is 3.45. The molecule has 23 heavy (non-hydrogen) atoms. The lowest BCUT2D eigenvalue weighted by atomic mass is 10.1. The monoisotopic (exact) mass is 329 g/mol. The molecule has 1 aliphatic rings. The van der Waals surface area contributed by atoms with Gasteiger partial charge in [0.2, 0.25) is 0 Å². The third-order valence-corrected chi connectivity index (χ3v) is 4.64. The number of aryl methyl sites for hydroxylation is 1. The Labute approximate surface area is 142 Å². The highest BCUT2D eigenvalue weighted by Gasteiger charge is 2.21.